The summed E-state index contributed by atoms with van der Waals surface area (Å²) in [5.74, 6) is -3.01. The lowest BCUT2D eigenvalue weighted by Gasteiger charge is -1.89. The molecule has 0 saturated heterocycles. The lowest BCUT2D eigenvalue weighted by atomic mass is 10.6. The first-order chi connectivity index (χ1) is 6.97. The maximum Gasteiger partial charge on any atom is 0.509 e. The molecule has 1 rings (SSSR count). The SMILES string of the molecule is C=CC(=O)n1nc([N+](=O)[O-])nc1[N+](=O)[O-]. The number of nitrogens with zero attached hydrogens (tertiary/aromatic N) is 5. The van der Waals surface area contributed by atoms with Crippen molar-refractivity contribution in [2.75, 3.05) is 0 Å². The van der Waals surface area contributed by atoms with Crippen molar-refractivity contribution in [1.29, 1.82) is 0 Å². The van der Waals surface area contributed by atoms with Crippen molar-refractivity contribution in [2.24, 2.45) is 0 Å². The molecule has 10 heteroatoms. The zero-order valence-corrected chi connectivity index (χ0v) is 7.06. The number of nitro groups is 2. The Bertz CT molecular complexity index is 462. The molecule has 0 aromatic carbocycles. The van der Waals surface area contributed by atoms with Crippen LogP contribution in [0.3, 0.4) is 0 Å². The van der Waals surface area contributed by atoms with Crippen LogP contribution in [0.15, 0.2) is 12.7 Å². The molecule has 0 bridgehead atoms. The van der Waals surface area contributed by atoms with Gasteiger partial charge in [0.05, 0.1) is 0 Å². The molecule has 15 heavy (non-hydrogen) atoms. The molecular formula is C5H3N5O5. The summed E-state index contributed by atoms with van der Waals surface area (Å²) < 4.78 is 0.200. The molecule has 10 nitrogen and oxygen atoms in total. The quantitative estimate of drug-likeness (QED) is 0.389. The Morgan fingerprint density at radius 1 is 1.40 bits per heavy atom. The van der Waals surface area contributed by atoms with Gasteiger partial charge in [0.25, 0.3) is 0 Å². The minimum atomic E-state index is -1.05. The average molecular weight is 213 g/mol. The monoisotopic (exact) mass is 213 g/mol. The van der Waals surface area contributed by atoms with E-state index in [9.17, 15) is 25.0 Å². The van der Waals surface area contributed by atoms with Crippen molar-refractivity contribution in [3.63, 3.8) is 0 Å². The highest BCUT2D eigenvalue weighted by Crippen LogP contribution is 2.12. The van der Waals surface area contributed by atoms with Crippen molar-refractivity contribution < 1.29 is 14.6 Å². The van der Waals surface area contributed by atoms with Crippen molar-refractivity contribution in [2.45, 2.75) is 0 Å². The lowest BCUT2D eigenvalue weighted by Crippen LogP contribution is -2.12. The number of hydrogen-bond donors (Lipinski definition) is 0. The molecule has 0 atom stereocenters. The molecule has 0 aliphatic rings. The molecule has 0 amide bonds. The van der Waals surface area contributed by atoms with E-state index in [1.165, 1.54) is 0 Å². The highest BCUT2D eigenvalue weighted by atomic mass is 16.6. The standard InChI is InChI=1S/C5H3N5O5/c1-2-3(11)8-5(10(14)15)6-4(7-8)9(12)13/h2H,1H2. The second kappa shape index (κ2) is 3.61. The van der Waals surface area contributed by atoms with Crippen molar-refractivity contribution in [3.8, 4) is 0 Å². The van der Waals surface area contributed by atoms with E-state index in [-0.39, 0.29) is 4.68 Å². The van der Waals surface area contributed by atoms with E-state index in [2.05, 4.69) is 16.7 Å². The molecule has 78 valence electrons. The van der Waals surface area contributed by atoms with Crippen LogP contribution in [0.5, 0.6) is 0 Å². The third kappa shape index (κ3) is 1.82. The first-order valence-corrected chi connectivity index (χ1v) is 3.40. The zero-order chi connectivity index (χ0) is 11.6. The molecule has 0 N–H and O–H groups in total. The van der Waals surface area contributed by atoms with Crippen molar-refractivity contribution >= 4 is 17.8 Å². The highest BCUT2D eigenvalue weighted by Gasteiger charge is 2.31. The average Bonchev–Trinajstić information content (AvgIpc) is 2.61. The number of rotatable bonds is 3. The Labute approximate surface area is 81.1 Å². The van der Waals surface area contributed by atoms with E-state index in [4.69, 9.17) is 0 Å². The normalized spacial score (nSPS) is 9.60. The van der Waals surface area contributed by atoms with Crippen LogP contribution in [0.4, 0.5) is 11.9 Å². The Morgan fingerprint density at radius 2 is 2.00 bits per heavy atom. The molecule has 0 fully saturated rings. The fourth-order valence-corrected chi connectivity index (χ4v) is 0.723. The summed E-state index contributed by atoms with van der Waals surface area (Å²) >= 11 is 0. The maximum absolute atomic E-state index is 11.0. The Balaban J connectivity index is 3.35. The number of carbonyl (C=O) groups excluding carboxylic acids is 1. The van der Waals surface area contributed by atoms with Gasteiger partial charge in [-0.05, 0) is 9.85 Å². The molecule has 0 aliphatic heterocycles. The molecule has 1 aromatic rings. The predicted molar refractivity (Wildman–Crippen MR) is 44.2 cm³/mol. The number of allylic oxidation sites excluding steroid dienone is 1. The Hall–Kier alpha value is -2.65. The van der Waals surface area contributed by atoms with Crippen LogP contribution < -0.4 is 0 Å². The van der Waals surface area contributed by atoms with E-state index in [0.29, 0.717) is 0 Å². The fraction of sp³-hybridized carbons (Fsp3) is 0. The number of carbonyl (C=O) groups is 1. The fourth-order valence-electron chi connectivity index (χ4n) is 0.723. The van der Waals surface area contributed by atoms with E-state index in [1.807, 2.05) is 0 Å². The van der Waals surface area contributed by atoms with Crippen LogP contribution in [0.2, 0.25) is 0 Å². The molecule has 1 heterocycles. The van der Waals surface area contributed by atoms with Gasteiger partial charge in [0.1, 0.15) is 5.10 Å². The van der Waals surface area contributed by atoms with E-state index in [0.717, 1.165) is 6.08 Å². The van der Waals surface area contributed by atoms with Crippen LogP contribution in [-0.2, 0) is 0 Å². The summed E-state index contributed by atoms with van der Waals surface area (Å²) in [6.45, 7) is 3.06. The van der Waals surface area contributed by atoms with Gasteiger partial charge in [-0.25, -0.2) is 4.79 Å². The van der Waals surface area contributed by atoms with Gasteiger partial charge >= 0.3 is 17.8 Å². The van der Waals surface area contributed by atoms with Gasteiger partial charge in [-0.15, -0.1) is 0 Å². The molecule has 0 radical (unpaired) electrons. The molecular weight excluding hydrogens is 210 g/mol. The van der Waals surface area contributed by atoms with Gasteiger partial charge in [-0.3, -0.25) is 0 Å². The lowest BCUT2D eigenvalue weighted by molar-refractivity contribution is -0.403. The van der Waals surface area contributed by atoms with Crippen LogP contribution in [-0.4, -0.2) is 30.5 Å². The molecule has 0 unspecified atom stereocenters. The topological polar surface area (TPSA) is 134 Å². The van der Waals surface area contributed by atoms with Gasteiger partial charge in [0.15, 0.2) is 0 Å². The summed E-state index contributed by atoms with van der Waals surface area (Å²) in [7, 11) is 0. The molecule has 1 aromatic heterocycles. The van der Waals surface area contributed by atoms with Gasteiger partial charge in [-0.2, -0.15) is 0 Å². The summed E-state index contributed by atoms with van der Waals surface area (Å²) in [6.07, 6.45) is 0.728. The second-order valence-electron chi connectivity index (χ2n) is 2.18. The van der Waals surface area contributed by atoms with Crippen LogP contribution in [0.25, 0.3) is 0 Å². The van der Waals surface area contributed by atoms with E-state index < -0.39 is 27.7 Å². The minimum Gasteiger partial charge on any atom is -0.390 e. The highest BCUT2D eigenvalue weighted by molar-refractivity contribution is 5.89. The third-order valence-corrected chi connectivity index (χ3v) is 1.29. The van der Waals surface area contributed by atoms with E-state index >= 15 is 0 Å². The van der Waals surface area contributed by atoms with Crippen LogP contribution in [0.1, 0.15) is 4.79 Å². The Kier molecular flexibility index (Phi) is 2.51. The first kappa shape index (κ1) is 10.4. The predicted octanol–water partition coefficient (Wildman–Crippen LogP) is -0.0793. The number of aromatic nitrogens is 3. The van der Waals surface area contributed by atoms with Gasteiger partial charge in [0.2, 0.25) is 0 Å². The van der Waals surface area contributed by atoms with Crippen molar-refractivity contribution in [1.82, 2.24) is 14.8 Å². The Morgan fingerprint density at radius 3 is 2.40 bits per heavy atom. The van der Waals surface area contributed by atoms with Crippen LogP contribution >= 0.6 is 0 Å². The summed E-state index contributed by atoms with van der Waals surface area (Å²) in [5.41, 5.74) is 0. The molecule has 0 saturated carbocycles. The van der Waals surface area contributed by atoms with Crippen LogP contribution in [0, 0.1) is 20.2 Å². The first-order valence-electron chi connectivity index (χ1n) is 3.40. The van der Waals surface area contributed by atoms with Crippen molar-refractivity contribution in [3.05, 3.63) is 32.9 Å². The van der Waals surface area contributed by atoms with Gasteiger partial charge in [-0.1, -0.05) is 6.58 Å². The zero-order valence-electron chi connectivity index (χ0n) is 7.06. The third-order valence-electron chi connectivity index (χ3n) is 1.29. The van der Waals surface area contributed by atoms with Gasteiger partial charge < -0.3 is 20.2 Å². The smallest absolute Gasteiger partial charge is 0.390 e. The summed E-state index contributed by atoms with van der Waals surface area (Å²) in [4.78, 5) is 32.4. The maximum atomic E-state index is 11.0. The molecule has 0 spiro atoms. The second-order valence-corrected chi connectivity index (χ2v) is 2.18. The minimum absolute atomic E-state index is 0.200. The number of hydrogen-bond acceptors (Lipinski definition) is 7. The summed E-state index contributed by atoms with van der Waals surface area (Å²) in [6, 6.07) is 0. The summed E-state index contributed by atoms with van der Waals surface area (Å²) in [5, 5.41) is 23.6. The van der Waals surface area contributed by atoms with E-state index in [1.54, 1.807) is 0 Å². The molecule has 0 aliphatic carbocycles. The van der Waals surface area contributed by atoms with Gasteiger partial charge in [0, 0.05) is 15.7 Å². The largest absolute Gasteiger partial charge is 0.509 e.